The molecule has 36 heavy (non-hydrogen) atoms. The Hall–Kier alpha value is -3.06. The average molecular weight is 512 g/mol. The lowest BCUT2D eigenvalue weighted by molar-refractivity contribution is -0.141. The van der Waals surface area contributed by atoms with Gasteiger partial charge in [0.25, 0.3) is 0 Å². The van der Waals surface area contributed by atoms with Crippen molar-refractivity contribution in [1.29, 1.82) is 0 Å². The molecule has 1 saturated heterocycles. The highest BCUT2D eigenvalue weighted by Crippen LogP contribution is 2.35. The van der Waals surface area contributed by atoms with Gasteiger partial charge in [0.15, 0.2) is 11.6 Å². The molecule has 1 amide bonds. The molecule has 2 aliphatic rings. The molecule has 3 heterocycles. The summed E-state index contributed by atoms with van der Waals surface area (Å²) in [5.74, 6) is -1.33. The molecule has 196 valence electrons. The largest absolute Gasteiger partial charge is 0.433 e. The number of carbonyl (C=O) groups excluding carboxylic acids is 1. The Morgan fingerprint density at radius 1 is 1.28 bits per heavy atom. The van der Waals surface area contributed by atoms with Gasteiger partial charge in [-0.25, -0.2) is 9.97 Å². The molecule has 1 aliphatic heterocycles. The maximum absolute atomic E-state index is 15.5. The van der Waals surface area contributed by atoms with Crippen LogP contribution in [0.4, 0.5) is 29.2 Å². The third kappa shape index (κ3) is 6.19. The van der Waals surface area contributed by atoms with E-state index in [2.05, 4.69) is 20.3 Å². The Labute approximate surface area is 205 Å². The summed E-state index contributed by atoms with van der Waals surface area (Å²) in [6.45, 7) is 2.95. The summed E-state index contributed by atoms with van der Waals surface area (Å²) in [5.41, 5.74) is 3.64. The van der Waals surface area contributed by atoms with Gasteiger partial charge in [0.1, 0.15) is 12.0 Å². The number of anilines is 2. The number of halogens is 4. The number of hydrogen-bond donors (Lipinski definition) is 3. The number of nitrogens with zero attached hydrogens (tertiary/aromatic N) is 5. The molecule has 4 N–H and O–H groups in total. The summed E-state index contributed by atoms with van der Waals surface area (Å²) in [6.07, 6.45) is 0.0387. The van der Waals surface area contributed by atoms with E-state index in [0.29, 0.717) is 18.5 Å². The van der Waals surface area contributed by atoms with Crippen molar-refractivity contribution < 1.29 is 27.5 Å². The predicted molar refractivity (Wildman–Crippen MR) is 123 cm³/mol. The van der Waals surface area contributed by atoms with Crippen LogP contribution in [0.25, 0.3) is 0 Å². The van der Waals surface area contributed by atoms with Crippen LogP contribution in [-0.4, -0.2) is 68.7 Å². The summed E-state index contributed by atoms with van der Waals surface area (Å²) in [5, 5.41) is 13.9. The number of β-amino-alcohol motifs (C(OH)–C–C–N with tert-alkyl or cyclic N) is 1. The van der Waals surface area contributed by atoms with E-state index in [9.17, 15) is 23.1 Å². The summed E-state index contributed by atoms with van der Waals surface area (Å²) in [6, 6.07) is 2.25. The molecule has 9 nitrogen and oxygen atoms in total. The van der Waals surface area contributed by atoms with Gasteiger partial charge in [-0.05, 0) is 44.4 Å². The number of nitrogens with one attached hydrogen (secondary N) is 1. The molecule has 2 aromatic heterocycles. The standard InChI is InChI=1S/C23H29F4N7O2/c1-22(36)12-33(11-18(28)35)7-6-15(22)9-30-20-19(24)21(32-13-31-20)34(16-3-4-16)10-14-2-5-17(29-8-14)23(25,26)27/h2,5,8,13,15-16,36H,3-4,6-7,9-12H2,1H3,(H2,28,35)(H,30,31,32)/t15-,22-/m0/s1. The van der Waals surface area contributed by atoms with Crippen LogP contribution < -0.4 is 16.0 Å². The highest BCUT2D eigenvalue weighted by Gasteiger charge is 2.39. The molecule has 0 bridgehead atoms. The van der Waals surface area contributed by atoms with E-state index in [1.807, 2.05) is 0 Å². The SMILES string of the molecule is C[C@]1(O)CN(CC(N)=O)CC[C@H]1CNc1ncnc(N(Cc2ccc(C(F)(F)F)nc2)C2CC2)c1F. The Balaban J connectivity index is 1.45. The van der Waals surface area contributed by atoms with Gasteiger partial charge < -0.3 is 21.1 Å². The predicted octanol–water partition coefficient (Wildman–Crippen LogP) is 2.17. The van der Waals surface area contributed by atoms with Crippen LogP contribution >= 0.6 is 0 Å². The first-order valence-electron chi connectivity index (χ1n) is 11.7. The second-order valence-electron chi connectivity index (χ2n) is 9.67. The first kappa shape index (κ1) is 26.0. The number of aromatic nitrogens is 3. The number of rotatable bonds is 9. The van der Waals surface area contributed by atoms with Crippen molar-refractivity contribution in [2.24, 2.45) is 11.7 Å². The molecule has 13 heteroatoms. The van der Waals surface area contributed by atoms with Gasteiger partial charge in [0.05, 0.1) is 12.1 Å². The number of alkyl halides is 3. The van der Waals surface area contributed by atoms with Crippen molar-refractivity contribution in [1.82, 2.24) is 19.9 Å². The Morgan fingerprint density at radius 2 is 2.03 bits per heavy atom. The molecule has 2 aromatic rings. The first-order valence-corrected chi connectivity index (χ1v) is 11.7. The molecule has 0 spiro atoms. The highest BCUT2D eigenvalue weighted by atomic mass is 19.4. The number of pyridine rings is 1. The number of carbonyl (C=O) groups is 1. The summed E-state index contributed by atoms with van der Waals surface area (Å²) < 4.78 is 53.9. The fourth-order valence-electron chi connectivity index (χ4n) is 4.54. The Morgan fingerprint density at radius 3 is 2.61 bits per heavy atom. The third-order valence-corrected chi connectivity index (χ3v) is 6.61. The van der Waals surface area contributed by atoms with Gasteiger partial charge in [-0.2, -0.15) is 17.6 Å². The molecule has 0 unspecified atom stereocenters. The minimum atomic E-state index is -4.53. The smallest absolute Gasteiger partial charge is 0.388 e. The maximum Gasteiger partial charge on any atom is 0.433 e. The molecule has 1 saturated carbocycles. The van der Waals surface area contributed by atoms with Crippen molar-refractivity contribution >= 4 is 17.5 Å². The van der Waals surface area contributed by atoms with Crippen molar-refractivity contribution in [2.45, 2.75) is 50.6 Å². The van der Waals surface area contributed by atoms with E-state index >= 15 is 4.39 Å². The Kier molecular flexibility index (Phi) is 7.32. The number of nitrogens with two attached hydrogens (primary N) is 1. The summed E-state index contributed by atoms with van der Waals surface area (Å²) in [7, 11) is 0. The van der Waals surface area contributed by atoms with E-state index in [1.54, 1.807) is 16.7 Å². The monoisotopic (exact) mass is 511 g/mol. The van der Waals surface area contributed by atoms with Crippen LogP contribution in [0.2, 0.25) is 0 Å². The number of piperidine rings is 1. The zero-order valence-electron chi connectivity index (χ0n) is 19.8. The lowest BCUT2D eigenvalue weighted by Gasteiger charge is -2.42. The van der Waals surface area contributed by atoms with Gasteiger partial charge in [0.2, 0.25) is 11.7 Å². The molecular weight excluding hydrogens is 482 g/mol. The molecule has 1 aliphatic carbocycles. The first-order chi connectivity index (χ1) is 16.9. The van der Waals surface area contributed by atoms with E-state index in [1.165, 1.54) is 12.4 Å². The zero-order valence-corrected chi connectivity index (χ0v) is 19.8. The normalized spacial score (nSPS) is 22.9. The Bertz CT molecular complexity index is 1080. The molecular formula is C23H29F4N7O2. The van der Waals surface area contributed by atoms with Crippen LogP contribution in [0.5, 0.6) is 0 Å². The van der Waals surface area contributed by atoms with Gasteiger partial charge >= 0.3 is 6.18 Å². The highest BCUT2D eigenvalue weighted by molar-refractivity contribution is 5.75. The minimum Gasteiger partial charge on any atom is -0.388 e. The van der Waals surface area contributed by atoms with Crippen LogP contribution in [0.3, 0.4) is 0 Å². The van der Waals surface area contributed by atoms with E-state index in [-0.39, 0.29) is 49.8 Å². The minimum absolute atomic E-state index is 0.0138. The molecule has 0 radical (unpaired) electrons. The number of amides is 1. The van der Waals surface area contributed by atoms with E-state index in [4.69, 9.17) is 5.73 Å². The van der Waals surface area contributed by atoms with Crippen LogP contribution in [0.15, 0.2) is 24.7 Å². The number of hydrogen-bond acceptors (Lipinski definition) is 8. The number of aliphatic hydroxyl groups is 1. The zero-order chi connectivity index (χ0) is 26.1. The lowest BCUT2D eigenvalue weighted by Crippen LogP contribution is -2.55. The van der Waals surface area contributed by atoms with Gasteiger partial charge in [-0.15, -0.1) is 0 Å². The summed E-state index contributed by atoms with van der Waals surface area (Å²) in [4.78, 5) is 26.3. The van der Waals surface area contributed by atoms with Gasteiger partial charge in [-0.3, -0.25) is 14.7 Å². The van der Waals surface area contributed by atoms with Crippen LogP contribution in [0.1, 0.15) is 37.4 Å². The second kappa shape index (κ2) is 10.1. The lowest BCUT2D eigenvalue weighted by atomic mass is 9.82. The van der Waals surface area contributed by atoms with Crippen LogP contribution in [0, 0.1) is 11.7 Å². The third-order valence-electron chi connectivity index (χ3n) is 6.61. The van der Waals surface area contributed by atoms with E-state index < -0.39 is 29.2 Å². The molecule has 2 fully saturated rings. The number of primary amides is 1. The van der Waals surface area contributed by atoms with Gasteiger partial charge in [0, 0.05) is 37.8 Å². The van der Waals surface area contributed by atoms with Crippen molar-refractivity contribution in [2.75, 3.05) is 36.4 Å². The molecule has 2 atom stereocenters. The summed E-state index contributed by atoms with van der Waals surface area (Å²) >= 11 is 0. The fourth-order valence-corrected chi connectivity index (χ4v) is 4.54. The number of likely N-dealkylation sites (tertiary alicyclic amines) is 1. The topological polar surface area (TPSA) is 120 Å². The fraction of sp³-hybridized carbons (Fsp3) is 0.565. The van der Waals surface area contributed by atoms with Crippen molar-refractivity contribution in [3.05, 3.63) is 41.7 Å². The van der Waals surface area contributed by atoms with Crippen LogP contribution in [-0.2, 0) is 17.5 Å². The molecule has 4 rings (SSSR count). The van der Waals surface area contributed by atoms with Crippen molar-refractivity contribution in [3.63, 3.8) is 0 Å². The quantitative estimate of drug-likeness (QED) is 0.438. The molecule has 0 aromatic carbocycles. The van der Waals surface area contributed by atoms with Gasteiger partial charge in [-0.1, -0.05) is 6.07 Å². The van der Waals surface area contributed by atoms with Crippen molar-refractivity contribution in [3.8, 4) is 0 Å². The average Bonchev–Trinajstić information content (AvgIpc) is 3.62. The van der Waals surface area contributed by atoms with E-state index in [0.717, 1.165) is 25.1 Å². The second-order valence-corrected chi connectivity index (χ2v) is 9.67. The maximum atomic E-state index is 15.5.